The highest BCUT2D eigenvalue weighted by atomic mass is 19.2. The van der Waals surface area contributed by atoms with Crippen LogP contribution < -0.4 is 4.90 Å². The molecule has 45 heavy (non-hydrogen) atoms. The molecule has 1 amide bonds. The van der Waals surface area contributed by atoms with Crippen molar-refractivity contribution < 1.29 is 42.8 Å². The lowest BCUT2D eigenvalue weighted by Gasteiger charge is -2.46. The second-order valence-corrected chi connectivity index (χ2v) is 11.3. The van der Waals surface area contributed by atoms with Crippen LogP contribution in [-0.2, 0) is 21.3 Å². The minimum atomic E-state index is -1.64. The number of nitrogens with zero attached hydrogens (tertiary/aromatic N) is 7. The third-order valence-corrected chi connectivity index (χ3v) is 8.48. The Morgan fingerprint density at radius 1 is 1.09 bits per heavy atom. The molecule has 0 spiro atoms. The number of hydrogen-bond donors (Lipinski definition) is 3. The van der Waals surface area contributed by atoms with Gasteiger partial charge in [0.2, 0.25) is 0 Å². The number of aliphatic hydroxyl groups is 3. The molecule has 13 nitrogen and oxygen atoms in total. The van der Waals surface area contributed by atoms with Crippen molar-refractivity contribution in [1.82, 2.24) is 30.0 Å². The van der Waals surface area contributed by atoms with Gasteiger partial charge in [0.05, 0.1) is 24.9 Å². The zero-order chi connectivity index (χ0) is 32.0. The van der Waals surface area contributed by atoms with E-state index in [1.54, 1.807) is 25.2 Å². The van der Waals surface area contributed by atoms with Crippen LogP contribution in [0, 0.1) is 17.5 Å². The van der Waals surface area contributed by atoms with Crippen LogP contribution in [0.5, 0.6) is 0 Å². The molecule has 0 bridgehead atoms. The van der Waals surface area contributed by atoms with Gasteiger partial charge in [-0.1, -0.05) is 18.1 Å². The van der Waals surface area contributed by atoms with Gasteiger partial charge in [-0.3, -0.25) is 4.79 Å². The molecular weight excluding hydrogens is 599 g/mol. The monoisotopic (exact) mass is 631 g/mol. The molecular formula is C29H32F3N7O6. The molecule has 0 radical (unpaired) electrons. The van der Waals surface area contributed by atoms with Crippen LogP contribution in [0.25, 0.3) is 22.3 Å². The second-order valence-electron chi connectivity index (χ2n) is 11.3. The van der Waals surface area contributed by atoms with Gasteiger partial charge in [0.1, 0.15) is 41.1 Å². The third-order valence-electron chi connectivity index (χ3n) is 8.48. The third kappa shape index (κ3) is 5.68. The molecule has 2 fully saturated rings. The number of hydrogen-bond acceptors (Lipinski definition) is 10. The fraction of sp³-hybridized carbons (Fsp3) is 0.483. The maximum absolute atomic E-state index is 14.6. The molecule has 7 atom stereocenters. The fourth-order valence-corrected chi connectivity index (χ4v) is 6.29. The fourth-order valence-electron chi connectivity index (χ4n) is 6.29. The predicted octanol–water partition coefficient (Wildman–Crippen LogP) is 1.66. The van der Waals surface area contributed by atoms with Gasteiger partial charge >= 0.3 is 0 Å². The van der Waals surface area contributed by atoms with Crippen LogP contribution >= 0.6 is 0 Å². The number of fused-ring (bicyclic) bond motifs is 1. The molecule has 1 aliphatic carbocycles. The van der Waals surface area contributed by atoms with Gasteiger partial charge < -0.3 is 29.7 Å². The zero-order valence-electron chi connectivity index (χ0n) is 24.4. The van der Waals surface area contributed by atoms with Gasteiger partial charge in [-0.15, -0.1) is 5.10 Å². The van der Waals surface area contributed by atoms with Gasteiger partial charge in [0.25, 0.3) is 5.91 Å². The number of amides is 1. The summed E-state index contributed by atoms with van der Waals surface area (Å²) < 4.78 is 54.3. The first-order chi connectivity index (χ1) is 21.6. The number of methoxy groups -OCH3 is 1. The Balaban J connectivity index is 1.39. The average Bonchev–Trinajstić information content (AvgIpc) is 3.66. The first-order valence-electron chi connectivity index (χ1n) is 14.5. The molecule has 6 rings (SSSR count). The van der Waals surface area contributed by atoms with E-state index in [0.29, 0.717) is 29.6 Å². The number of carbonyl (C=O) groups excluding carboxylic acids is 1. The first-order valence-corrected chi connectivity index (χ1v) is 14.5. The quantitative estimate of drug-likeness (QED) is 0.256. The zero-order valence-corrected chi connectivity index (χ0v) is 24.4. The standard InChI is InChI=1S/C29H32F3N7O6/c1-37-34-18-8-7-15(11-19(18)35-37)39(21-5-3-4-6-22(21)41)29(43)28-27(44-2)25(26(42)23(13-40)45-28)38-12-20(33-36-38)14-9-16(30)24(32)17(31)10-14/h7-12,21-23,25-28,40-42H,3-6,13H2,1-2H3/t21-,22-,23+,25-,26-,27+,28+/m0/s1. The van der Waals surface area contributed by atoms with Crippen molar-refractivity contribution in [1.29, 1.82) is 0 Å². The Morgan fingerprint density at radius 2 is 1.80 bits per heavy atom. The number of aromatic nitrogens is 6. The smallest absolute Gasteiger partial charge is 0.259 e. The largest absolute Gasteiger partial charge is 0.394 e. The van der Waals surface area contributed by atoms with Crippen molar-refractivity contribution in [3.63, 3.8) is 0 Å². The Bertz CT molecular complexity index is 1680. The maximum atomic E-state index is 14.6. The molecule has 1 saturated heterocycles. The van der Waals surface area contributed by atoms with E-state index in [-0.39, 0.29) is 11.3 Å². The van der Waals surface area contributed by atoms with Crippen molar-refractivity contribution in [2.24, 2.45) is 7.05 Å². The topological polar surface area (TPSA) is 161 Å². The number of aliphatic hydroxyl groups excluding tert-OH is 3. The van der Waals surface area contributed by atoms with Crippen molar-refractivity contribution in [3.05, 3.63) is 54.0 Å². The number of anilines is 1. The number of ether oxygens (including phenoxy) is 2. The number of rotatable bonds is 7. The maximum Gasteiger partial charge on any atom is 0.259 e. The van der Waals surface area contributed by atoms with Crippen LogP contribution in [0.4, 0.5) is 18.9 Å². The van der Waals surface area contributed by atoms with Gasteiger partial charge in [-0.25, -0.2) is 17.9 Å². The molecule has 4 aromatic rings. The van der Waals surface area contributed by atoms with E-state index in [1.165, 1.54) is 23.0 Å². The van der Waals surface area contributed by atoms with Gasteiger partial charge in [-0.05, 0) is 43.2 Å². The summed E-state index contributed by atoms with van der Waals surface area (Å²) in [5.41, 5.74) is 1.40. The van der Waals surface area contributed by atoms with E-state index in [9.17, 15) is 33.3 Å². The molecule has 0 unspecified atom stereocenters. The lowest BCUT2D eigenvalue weighted by Crippen LogP contribution is -2.63. The summed E-state index contributed by atoms with van der Waals surface area (Å²) in [6.07, 6.45) is -2.40. The van der Waals surface area contributed by atoms with E-state index in [1.807, 2.05) is 0 Å². The SMILES string of the molecule is CO[C@@H]1[C@@H](n2cc(-c3cc(F)c(F)c(F)c3)nn2)[C@@H](O)[C@@H](CO)O[C@H]1C(=O)N(c1ccc2nn(C)nc2c1)[C@H]1CCCC[C@@H]1O. The van der Waals surface area contributed by atoms with E-state index in [4.69, 9.17) is 9.47 Å². The van der Waals surface area contributed by atoms with E-state index in [2.05, 4.69) is 20.5 Å². The van der Waals surface area contributed by atoms with Crippen LogP contribution in [0.15, 0.2) is 36.5 Å². The summed E-state index contributed by atoms with van der Waals surface area (Å²) in [7, 11) is 2.98. The van der Waals surface area contributed by atoms with Gasteiger partial charge in [-0.2, -0.15) is 15.0 Å². The molecule has 1 aliphatic heterocycles. The van der Waals surface area contributed by atoms with Crippen molar-refractivity contribution >= 4 is 22.6 Å². The van der Waals surface area contributed by atoms with Crippen LogP contribution in [0.1, 0.15) is 31.7 Å². The van der Waals surface area contributed by atoms with Gasteiger partial charge in [0, 0.05) is 25.4 Å². The highest BCUT2D eigenvalue weighted by molar-refractivity contribution is 5.99. The van der Waals surface area contributed by atoms with Crippen LogP contribution in [-0.4, -0.2) is 101 Å². The molecule has 2 aromatic heterocycles. The first kappa shape index (κ1) is 31.0. The van der Waals surface area contributed by atoms with Gasteiger partial charge in [0.15, 0.2) is 23.6 Å². The number of halogens is 3. The van der Waals surface area contributed by atoms with Crippen molar-refractivity contribution in [3.8, 4) is 11.3 Å². The lowest BCUT2D eigenvalue weighted by atomic mass is 9.88. The Morgan fingerprint density at radius 3 is 2.49 bits per heavy atom. The van der Waals surface area contributed by atoms with Crippen LogP contribution in [0.2, 0.25) is 0 Å². The molecule has 3 N–H and O–H groups in total. The van der Waals surface area contributed by atoms with E-state index >= 15 is 0 Å². The second kappa shape index (κ2) is 12.4. The minimum Gasteiger partial charge on any atom is -0.394 e. The summed E-state index contributed by atoms with van der Waals surface area (Å²) in [5, 5.41) is 49.0. The highest BCUT2D eigenvalue weighted by Crippen LogP contribution is 2.37. The molecule has 3 heterocycles. The molecule has 2 aromatic carbocycles. The normalized spacial score (nSPS) is 27.2. The Labute approximate surface area is 254 Å². The summed E-state index contributed by atoms with van der Waals surface area (Å²) >= 11 is 0. The summed E-state index contributed by atoms with van der Waals surface area (Å²) in [4.78, 5) is 17.4. The summed E-state index contributed by atoms with van der Waals surface area (Å²) in [5.74, 6) is -5.08. The van der Waals surface area contributed by atoms with E-state index < -0.39 is 72.6 Å². The van der Waals surface area contributed by atoms with Crippen LogP contribution in [0.3, 0.4) is 0 Å². The number of carbonyl (C=O) groups is 1. The Kier molecular flexibility index (Phi) is 8.58. The van der Waals surface area contributed by atoms with Crippen molar-refractivity contribution in [2.75, 3.05) is 18.6 Å². The molecule has 240 valence electrons. The lowest BCUT2D eigenvalue weighted by molar-refractivity contribution is -0.211. The molecule has 16 heteroatoms. The Hall–Kier alpha value is -3.96. The molecule has 1 saturated carbocycles. The number of aryl methyl sites for hydroxylation is 1. The highest BCUT2D eigenvalue weighted by Gasteiger charge is 2.52. The van der Waals surface area contributed by atoms with Crippen molar-refractivity contribution in [2.45, 2.75) is 68.3 Å². The average molecular weight is 632 g/mol. The summed E-state index contributed by atoms with van der Waals surface area (Å²) in [6, 6.07) is 4.81. The summed E-state index contributed by atoms with van der Waals surface area (Å²) in [6.45, 7) is -0.675. The predicted molar refractivity (Wildman–Crippen MR) is 151 cm³/mol. The number of benzene rings is 2. The minimum absolute atomic E-state index is 0.0472. The van der Waals surface area contributed by atoms with E-state index in [0.717, 1.165) is 29.7 Å². The molecule has 2 aliphatic rings.